The van der Waals surface area contributed by atoms with E-state index in [-0.39, 0.29) is 11.0 Å². The maximum atomic E-state index is 11.6. The van der Waals surface area contributed by atoms with Crippen LogP contribution in [0, 0.1) is 0 Å². The minimum atomic E-state index is -0.174. The van der Waals surface area contributed by atoms with Crippen molar-refractivity contribution in [2.24, 2.45) is 0 Å². The van der Waals surface area contributed by atoms with Gasteiger partial charge in [0.15, 0.2) is 16.3 Å². The molecule has 0 aromatic carbocycles. The van der Waals surface area contributed by atoms with Crippen LogP contribution in [0.1, 0.15) is 26.5 Å². The van der Waals surface area contributed by atoms with Crippen molar-refractivity contribution in [2.45, 2.75) is 26.2 Å². The third-order valence-corrected chi connectivity index (χ3v) is 2.74. The fourth-order valence-corrected chi connectivity index (χ4v) is 1.71. The van der Waals surface area contributed by atoms with Crippen molar-refractivity contribution in [1.29, 1.82) is 0 Å². The van der Waals surface area contributed by atoms with Crippen LogP contribution in [-0.4, -0.2) is 9.97 Å². The van der Waals surface area contributed by atoms with Crippen LogP contribution in [0.4, 0.5) is 0 Å². The van der Waals surface area contributed by atoms with Crippen LogP contribution in [0.3, 0.4) is 0 Å². The Morgan fingerprint density at radius 3 is 2.59 bits per heavy atom. The molecule has 17 heavy (non-hydrogen) atoms. The van der Waals surface area contributed by atoms with E-state index >= 15 is 0 Å². The number of nitrogens with one attached hydrogen (secondary N) is 1. The zero-order chi connectivity index (χ0) is 12.6. The van der Waals surface area contributed by atoms with Crippen molar-refractivity contribution < 1.29 is 4.42 Å². The summed E-state index contributed by atoms with van der Waals surface area (Å²) in [6, 6.07) is 5.04. The summed E-state index contributed by atoms with van der Waals surface area (Å²) < 4.78 is 5.98. The lowest BCUT2D eigenvalue weighted by molar-refractivity contribution is 0.542. The van der Waals surface area contributed by atoms with Crippen molar-refractivity contribution >= 4 is 15.9 Å². The maximum absolute atomic E-state index is 11.6. The zero-order valence-corrected chi connectivity index (χ0v) is 11.5. The van der Waals surface area contributed by atoms with E-state index in [4.69, 9.17) is 4.42 Å². The molecule has 2 aromatic rings. The molecule has 0 spiro atoms. The molecule has 0 aliphatic rings. The monoisotopic (exact) mass is 296 g/mol. The van der Waals surface area contributed by atoms with Crippen molar-refractivity contribution in [2.75, 3.05) is 0 Å². The van der Waals surface area contributed by atoms with Crippen LogP contribution < -0.4 is 5.56 Å². The predicted molar refractivity (Wildman–Crippen MR) is 69.0 cm³/mol. The van der Waals surface area contributed by atoms with Crippen molar-refractivity contribution in [3.05, 3.63) is 38.9 Å². The Hall–Kier alpha value is -1.36. The summed E-state index contributed by atoms with van der Waals surface area (Å²) in [7, 11) is 0. The fraction of sp³-hybridized carbons (Fsp3) is 0.333. The van der Waals surface area contributed by atoms with Gasteiger partial charge in [-0.25, -0.2) is 4.98 Å². The van der Waals surface area contributed by atoms with Crippen LogP contribution in [-0.2, 0) is 5.41 Å². The van der Waals surface area contributed by atoms with Crippen molar-refractivity contribution in [3.63, 3.8) is 0 Å². The van der Waals surface area contributed by atoms with Gasteiger partial charge in [0.25, 0.3) is 5.56 Å². The lowest BCUT2D eigenvalue weighted by Crippen LogP contribution is -2.19. The molecule has 0 fully saturated rings. The first-order valence-electron chi connectivity index (χ1n) is 5.24. The number of furan rings is 1. The Labute approximate surface area is 107 Å². The predicted octanol–water partition coefficient (Wildman–Crippen LogP) is 3.09. The number of aromatic amines is 1. The lowest BCUT2D eigenvalue weighted by atomic mass is 9.92. The highest BCUT2D eigenvalue weighted by Gasteiger charge is 2.18. The summed E-state index contributed by atoms with van der Waals surface area (Å²) in [6.07, 6.45) is 0. The second-order valence-electron chi connectivity index (χ2n) is 4.83. The highest BCUT2D eigenvalue weighted by atomic mass is 79.9. The summed E-state index contributed by atoms with van der Waals surface area (Å²) in [5.74, 6) is 0.994. The molecule has 0 aliphatic carbocycles. The first-order valence-corrected chi connectivity index (χ1v) is 6.03. The smallest absolute Gasteiger partial charge is 0.251 e. The lowest BCUT2D eigenvalue weighted by Gasteiger charge is -2.17. The topological polar surface area (TPSA) is 58.9 Å². The molecule has 4 nitrogen and oxygen atoms in total. The molecular formula is C12H13BrN2O2. The van der Waals surface area contributed by atoms with Gasteiger partial charge in [-0.3, -0.25) is 4.79 Å². The van der Waals surface area contributed by atoms with Gasteiger partial charge in [0.05, 0.1) is 5.69 Å². The summed E-state index contributed by atoms with van der Waals surface area (Å²) in [5.41, 5.74) is 0.392. The molecule has 2 rings (SSSR count). The quantitative estimate of drug-likeness (QED) is 0.880. The molecule has 0 saturated heterocycles. The van der Waals surface area contributed by atoms with Crippen LogP contribution in [0.5, 0.6) is 0 Å². The van der Waals surface area contributed by atoms with E-state index in [2.05, 4.69) is 25.9 Å². The van der Waals surface area contributed by atoms with Gasteiger partial charge < -0.3 is 9.40 Å². The largest absolute Gasteiger partial charge is 0.446 e. The third kappa shape index (κ3) is 2.66. The summed E-state index contributed by atoms with van der Waals surface area (Å²) in [5, 5.41) is 0. The van der Waals surface area contributed by atoms with E-state index in [1.807, 2.05) is 20.8 Å². The summed E-state index contributed by atoms with van der Waals surface area (Å²) in [6.45, 7) is 6.03. The summed E-state index contributed by atoms with van der Waals surface area (Å²) >= 11 is 3.22. The first-order chi connectivity index (χ1) is 7.86. The number of hydrogen-bond donors (Lipinski definition) is 1. The molecule has 1 N–H and O–H groups in total. The molecule has 0 atom stereocenters. The van der Waals surface area contributed by atoms with Crippen LogP contribution in [0.15, 0.2) is 32.1 Å². The number of halogens is 1. The number of aromatic nitrogens is 2. The van der Waals surface area contributed by atoms with Crippen molar-refractivity contribution in [1.82, 2.24) is 9.97 Å². The average molecular weight is 297 g/mol. The Morgan fingerprint density at radius 1 is 1.35 bits per heavy atom. The number of H-pyrrole nitrogens is 1. The van der Waals surface area contributed by atoms with Crippen LogP contribution >= 0.6 is 15.9 Å². The van der Waals surface area contributed by atoms with Gasteiger partial charge in [0, 0.05) is 11.5 Å². The van der Waals surface area contributed by atoms with E-state index in [0.717, 1.165) is 5.69 Å². The highest BCUT2D eigenvalue weighted by Crippen LogP contribution is 2.24. The molecule has 0 saturated carbocycles. The van der Waals surface area contributed by atoms with Gasteiger partial charge in [-0.05, 0) is 28.1 Å². The Balaban J connectivity index is 2.57. The maximum Gasteiger partial charge on any atom is 0.251 e. The van der Waals surface area contributed by atoms with E-state index in [1.165, 1.54) is 6.07 Å². The summed E-state index contributed by atoms with van der Waals surface area (Å²) in [4.78, 5) is 18.7. The molecule has 0 aliphatic heterocycles. The van der Waals surface area contributed by atoms with E-state index < -0.39 is 0 Å². The van der Waals surface area contributed by atoms with E-state index in [9.17, 15) is 4.79 Å². The molecule has 0 unspecified atom stereocenters. The average Bonchev–Trinajstić information content (AvgIpc) is 2.62. The van der Waals surface area contributed by atoms with Gasteiger partial charge in [0.1, 0.15) is 0 Å². The van der Waals surface area contributed by atoms with Crippen LogP contribution in [0.2, 0.25) is 0 Å². The molecule has 0 amide bonds. The molecule has 0 radical (unpaired) electrons. The zero-order valence-electron chi connectivity index (χ0n) is 9.87. The van der Waals surface area contributed by atoms with Gasteiger partial charge in [0.2, 0.25) is 0 Å². The van der Waals surface area contributed by atoms with Gasteiger partial charge >= 0.3 is 0 Å². The molecule has 90 valence electrons. The second kappa shape index (κ2) is 4.14. The fourth-order valence-electron chi connectivity index (χ4n) is 1.40. The number of nitrogens with zero attached hydrogens (tertiary/aromatic N) is 1. The third-order valence-electron chi connectivity index (χ3n) is 2.32. The molecule has 2 aromatic heterocycles. The minimum Gasteiger partial charge on any atom is -0.446 e. The van der Waals surface area contributed by atoms with Gasteiger partial charge in [-0.15, -0.1) is 0 Å². The highest BCUT2D eigenvalue weighted by molar-refractivity contribution is 9.10. The molecular weight excluding hydrogens is 284 g/mol. The van der Waals surface area contributed by atoms with Crippen LogP contribution in [0.25, 0.3) is 11.6 Å². The van der Waals surface area contributed by atoms with Crippen molar-refractivity contribution in [3.8, 4) is 11.6 Å². The molecule has 2 heterocycles. The Kier molecular flexibility index (Phi) is 2.95. The number of rotatable bonds is 1. The standard InChI is InChI=1S/C12H13BrN2O2/c1-12(2,3)8-6-10(16)15-11(14-8)7-4-5-9(13)17-7/h4-6H,1-3H3,(H,14,15,16). The normalized spacial score (nSPS) is 11.8. The Morgan fingerprint density at radius 2 is 2.06 bits per heavy atom. The Bertz CT molecular complexity index is 593. The van der Waals surface area contributed by atoms with E-state index in [0.29, 0.717) is 16.3 Å². The molecule has 5 heteroatoms. The van der Waals surface area contributed by atoms with Gasteiger partial charge in [-0.1, -0.05) is 20.8 Å². The van der Waals surface area contributed by atoms with Gasteiger partial charge in [-0.2, -0.15) is 0 Å². The second-order valence-corrected chi connectivity index (χ2v) is 5.61. The molecule has 0 bridgehead atoms. The minimum absolute atomic E-state index is 0.174. The SMILES string of the molecule is CC(C)(C)c1cc(=O)[nH]c(-c2ccc(Br)o2)n1. The first kappa shape index (κ1) is 12.1. The number of hydrogen-bond acceptors (Lipinski definition) is 3. The van der Waals surface area contributed by atoms with E-state index in [1.54, 1.807) is 12.1 Å².